The highest BCUT2D eigenvalue weighted by molar-refractivity contribution is 6.84. The van der Waals surface area contributed by atoms with Gasteiger partial charge in [-0.25, -0.2) is 4.79 Å². The summed E-state index contributed by atoms with van der Waals surface area (Å²) in [6.45, 7) is 8.74. The molecule has 0 aromatic heterocycles. The average molecular weight is 547 g/mol. The Kier molecular flexibility index (Phi) is 9.84. The van der Waals surface area contributed by atoms with Crippen LogP contribution >= 0.6 is 0 Å². The summed E-state index contributed by atoms with van der Waals surface area (Å²) in [5, 5.41) is 1.26. The van der Waals surface area contributed by atoms with Crippen LogP contribution in [-0.2, 0) is 18.7 Å². The molecule has 1 heterocycles. The minimum absolute atomic E-state index is 0.0138. The average Bonchev–Trinajstić information content (AvgIpc) is 3.42. The number of allylic oxidation sites excluding steroid dienone is 4. The van der Waals surface area contributed by atoms with Crippen molar-refractivity contribution in [3.63, 3.8) is 0 Å². The van der Waals surface area contributed by atoms with Crippen molar-refractivity contribution in [1.29, 1.82) is 0 Å². The van der Waals surface area contributed by atoms with Crippen LogP contribution in [0.4, 0.5) is 0 Å². The minimum atomic E-state index is -2.17. The number of hydrogen-bond acceptors (Lipinski definition) is 5. The summed E-state index contributed by atoms with van der Waals surface area (Å²) in [6.07, 6.45) is 9.71. The van der Waals surface area contributed by atoms with Gasteiger partial charge in [0, 0.05) is 24.7 Å². The summed E-state index contributed by atoms with van der Waals surface area (Å²) in [6, 6.07) is 19.6. The van der Waals surface area contributed by atoms with Crippen LogP contribution < -0.4 is 5.19 Å². The van der Waals surface area contributed by atoms with Gasteiger partial charge in [0.15, 0.2) is 0 Å². The van der Waals surface area contributed by atoms with Gasteiger partial charge in [-0.2, -0.15) is 0 Å². The molecular weight excluding hydrogens is 504 g/mol. The molecule has 0 N–H and O–H groups in total. The molecule has 1 aliphatic heterocycles. The van der Waals surface area contributed by atoms with E-state index in [4.69, 9.17) is 13.9 Å². The lowest BCUT2D eigenvalue weighted by Gasteiger charge is -2.28. The van der Waals surface area contributed by atoms with Gasteiger partial charge in [-0.3, -0.25) is 4.79 Å². The largest absolute Gasteiger partial charge is 0.543 e. The van der Waals surface area contributed by atoms with Crippen molar-refractivity contribution in [2.24, 2.45) is 11.8 Å². The molecule has 39 heavy (non-hydrogen) atoms. The lowest BCUT2D eigenvalue weighted by atomic mass is 9.89. The van der Waals surface area contributed by atoms with E-state index in [0.717, 1.165) is 31.4 Å². The number of ether oxygens (including phenoxy) is 2. The number of hydrogen-bond donors (Lipinski definition) is 0. The van der Waals surface area contributed by atoms with Crippen molar-refractivity contribution in [2.45, 2.75) is 84.1 Å². The van der Waals surface area contributed by atoms with Gasteiger partial charge >= 0.3 is 11.9 Å². The topological polar surface area (TPSA) is 61.8 Å². The van der Waals surface area contributed by atoms with E-state index >= 15 is 0 Å². The third-order valence-electron chi connectivity index (χ3n) is 7.83. The van der Waals surface area contributed by atoms with Crippen LogP contribution in [0.15, 0.2) is 84.1 Å². The molecular formula is C33H42O5Si. The van der Waals surface area contributed by atoms with Gasteiger partial charge in [0.2, 0.25) is 0 Å². The number of carbonyl (C=O) groups excluding carboxylic acids is 2. The molecule has 2 aliphatic rings. The maximum atomic E-state index is 12.9. The molecule has 1 saturated heterocycles. The molecule has 1 saturated carbocycles. The van der Waals surface area contributed by atoms with Gasteiger partial charge in [-0.15, -0.1) is 0 Å². The Hall–Kier alpha value is -3.12. The van der Waals surface area contributed by atoms with E-state index in [-0.39, 0.29) is 36.0 Å². The number of benzene rings is 2. The van der Waals surface area contributed by atoms with Gasteiger partial charge in [0.05, 0.1) is 17.7 Å². The second-order valence-corrected chi connectivity index (χ2v) is 15.3. The molecule has 2 aromatic rings. The predicted molar refractivity (Wildman–Crippen MR) is 157 cm³/mol. The first-order chi connectivity index (χ1) is 18.7. The molecule has 4 unspecified atom stereocenters. The monoisotopic (exact) mass is 546 g/mol. The van der Waals surface area contributed by atoms with Crippen molar-refractivity contribution in [3.05, 3.63) is 89.7 Å². The number of esters is 2. The third-order valence-corrected chi connectivity index (χ3v) is 10.3. The van der Waals surface area contributed by atoms with Crippen LogP contribution in [0, 0.1) is 11.8 Å². The SMILES string of the molecule is CC(C)=CCCCC/C(=C/CC1C(OC(=O)c2ccccc2)CC2OC(=O)CC21)O[Si](C)(C)c1ccccc1. The molecule has 208 valence electrons. The molecule has 4 atom stereocenters. The summed E-state index contributed by atoms with van der Waals surface area (Å²) in [5.41, 5.74) is 1.89. The summed E-state index contributed by atoms with van der Waals surface area (Å²) < 4.78 is 18.4. The highest BCUT2D eigenvalue weighted by Gasteiger charge is 2.51. The van der Waals surface area contributed by atoms with Crippen LogP contribution in [0.25, 0.3) is 0 Å². The van der Waals surface area contributed by atoms with E-state index < -0.39 is 8.32 Å². The summed E-state index contributed by atoms with van der Waals surface area (Å²) in [5.74, 6) is 0.601. The van der Waals surface area contributed by atoms with E-state index in [0.29, 0.717) is 24.8 Å². The van der Waals surface area contributed by atoms with Crippen LogP contribution in [0.1, 0.15) is 69.2 Å². The Balaban J connectivity index is 1.51. The maximum Gasteiger partial charge on any atom is 0.338 e. The molecule has 0 bridgehead atoms. The Morgan fingerprint density at radius 2 is 1.69 bits per heavy atom. The Labute approximate surface area is 234 Å². The van der Waals surface area contributed by atoms with Gasteiger partial charge in [-0.1, -0.05) is 60.2 Å². The zero-order valence-corrected chi connectivity index (χ0v) is 24.7. The van der Waals surface area contributed by atoms with E-state index in [1.165, 1.54) is 10.8 Å². The maximum absolute atomic E-state index is 12.9. The summed E-state index contributed by atoms with van der Waals surface area (Å²) >= 11 is 0. The summed E-state index contributed by atoms with van der Waals surface area (Å²) in [7, 11) is -2.17. The number of fused-ring (bicyclic) bond motifs is 1. The van der Waals surface area contributed by atoms with E-state index in [1.807, 2.05) is 24.3 Å². The Morgan fingerprint density at radius 1 is 1.00 bits per heavy atom. The van der Waals surface area contributed by atoms with Crippen LogP contribution in [0.2, 0.25) is 13.1 Å². The summed E-state index contributed by atoms with van der Waals surface area (Å²) in [4.78, 5) is 25.0. The number of rotatable bonds is 12. The molecule has 4 rings (SSSR count). The lowest BCUT2D eigenvalue weighted by molar-refractivity contribution is -0.141. The highest BCUT2D eigenvalue weighted by atomic mass is 28.4. The predicted octanol–water partition coefficient (Wildman–Crippen LogP) is 7.09. The standard InChI is InChI=1S/C33H42O5Si/c1-24(2)14-8-5-11-17-26(38-39(3,4)27-18-12-7-13-19-27)20-21-28-29-22-32(34)36-31(29)23-30(28)37-33(35)25-15-9-6-10-16-25/h6-7,9-10,12-16,18-20,28-31H,5,8,11,17,21-23H2,1-4H3/b26-20-. The molecule has 0 radical (unpaired) electrons. The molecule has 5 nitrogen and oxygen atoms in total. The van der Waals surface area contributed by atoms with Crippen molar-refractivity contribution in [1.82, 2.24) is 0 Å². The van der Waals surface area contributed by atoms with Gasteiger partial charge < -0.3 is 13.9 Å². The number of unbranched alkanes of at least 4 members (excludes halogenated alkanes) is 2. The first-order valence-corrected chi connectivity index (χ1v) is 17.2. The molecule has 0 amide bonds. The molecule has 1 aliphatic carbocycles. The van der Waals surface area contributed by atoms with Gasteiger partial charge in [-0.05, 0) is 76.0 Å². The van der Waals surface area contributed by atoms with Crippen LogP contribution in [0.5, 0.6) is 0 Å². The Morgan fingerprint density at radius 3 is 2.38 bits per heavy atom. The normalized spacial score (nSPS) is 22.7. The highest BCUT2D eigenvalue weighted by Crippen LogP contribution is 2.45. The second kappa shape index (κ2) is 13.3. The van der Waals surface area contributed by atoms with E-state index in [9.17, 15) is 9.59 Å². The Bertz CT molecular complexity index is 1170. The number of carbonyl (C=O) groups is 2. The first-order valence-electron chi connectivity index (χ1n) is 14.3. The van der Waals surface area contributed by atoms with E-state index in [1.54, 1.807) is 12.1 Å². The quantitative estimate of drug-likeness (QED) is 0.0935. The first kappa shape index (κ1) is 28.9. The minimum Gasteiger partial charge on any atom is -0.543 e. The fraction of sp³-hybridized carbons (Fsp3) is 0.455. The van der Waals surface area contributed by atoms with Crippen molar-refractivity contribution in [3.8, 4) is 0 Å². The third kappa shape index (κ3) is 7.95. The second-order valence-electron chi connectivity index (χ2n) is 11.5. The van der Waals surface area contributed by atoms with Crippen molar-refractivity contribution < 1.29 is 23.5 Å². The van der Waals surface area contributed by atoms with Crippen molar-refractivity contribution >= 4 is 25.4 Å². The van der Waals surface area contributed by atoms with Gasteiger partial charge in [0.1, 0.15) is 12.2 Å². The fourth-order valence-corrected chi connectivity index (χ4v) is 7.68. The molecule has 6 heteroatoms. The van der Waals surface area contributed by atoms with E-state index in [2.05, 4.69) is 63.4 Å². The fourth-order valence-electron chi connectivity index (χ4n) is 5.72. The zero-order valence-electron chi connectivity index (χ0n) is 23.7. The zero-order chi connectivity index (χ0) is 27.8. The van der Waals surface area contributed by atoms with Crippen LogP contribution in [-0.4, -0.2) is 32.5 Å². The smallest absolute Gasteiger partial charge is 0.338 e. The van der Waals surface area contributed by atoms with Crippen LogP contribution in [0.3, 0.4) is 0 Å². The lowest BCUT2D eigenvalue weighted by Crippen LogP contribution is -2.44. The molecule has 2 fully saturated rings. The van der Waals surface area contributed by atoms with Gasteiger partial charge in [0.25, 0.3) is 8.32 Å². The molecule has 0 spiro atoms. The molecule has 2 aromatic carbocycles. The van der Waals surface area contributed by atoms with Crippen molar-refractivity contribution in [2.75, 3.05) is 0 Å².